The van der Waals surface area contributed by atoms with Crippen molar-refractivity contribution in [3.8, 4) is 5.75 Å². The molecular weight excluding hydrogens is 290 g/mol. The van der Waals surface area contributed by atoms with Crippen LogP contribution in [0.3, 0.4) is 0 Å². The number of aliphatic hydroxyl groups is 1. The van der Waals surface area contributed by atoms with E-state index >= 15 is 0 Å². The molecule has 0 aliphatic carbocycles. The molecule has 0 aliphatic heterocycles. The Morgan fingerprint density at radius 1 is 1.44 bits per heavy atom. The van der Waals surface area contributed by atoms with Crippen LogP contribution < -0.4 is 4.74 Å². The first kappa shape index (κ1) is 11.8. The van der Waals surface area contributed by atoms with Crippen molar-refractivity contribution in [1.29, 1.82) is 0 Å². The third-order valence-corrected chi connectivity index (χ3v) is 3.79. The second-order valence-electron chi connectivity index (χ2n) is 4.05. The first-order valence-electron chi connectivity index (χ1n) is 4.79. The van der Waals surface area contributed by atoms with Crippen LogP contribution >= 0.6 is 27.3 Å². The number of rotatable bonds is 2. The summed E-state index contributed by atoms with van der Waals surface area (Å²) in [5, 5.41) is 10.1. The second-order valence-corrected chi connectivity index (χ2v) is 6.35. The fourth-order valence-corrected chi connectivity index (χ4v) is 3.01. The van der Waals surface area contributed by atoms with Crippen molar-refractivity contribution in [2.45, 2.75) is 19.4 Å². The van der Waals surface area contributed by atoms with Gasteiger partial charge in [0.1, 0.15) is 5.75 Å². The zero-order valence-corrected chi connectivity index (χ0v) is 11.6. The maximum atomic E-state index is 10.1. The molecule has 0 saturated heterocycles. The van der Waals surface area contributed by atoms with Gasteiger partial charge >= 0.3 is 0 Å². The minimum absolute atomic E-state index is 0.737. The number of halogens is 1. The van der Waals surface area contributed by atoms with Gasteiger partial charge in [0.15, 0.2) is 3.92 Å². The monoisotopic (exact) mass is 301 g/mol. The summed E-state index contributed by atoms with van der Waals surface area (Å²) in [6, 6.07) is 3.75. The maximum absolute atomic E-state index is 10.1. The molecule has 0 bridgehead atoms. The number of hydrogen-bond donors (Lipinski definition) is 1. The number of methoxy groups -OCH3 is 1. The van der Waals surface area contributed by atoms with Gasteiger partial charge in [-0.1, -0.05) is 0 Å². The third-order valence-electron chi connectivity index (χ3n) is 2.34. The van der Waals surface area contributed by atoms with Crippen LogP contribution in [0.5, 0.6) is 5.75 Å². The molecule has 16 heavy (non-hydrogen) atoms. The number of hydrogen-bond acceptors (Lipinski definition) is 4. The molecule has 0 atom stereocenters. The molecule has 0 unspecified atom stereocenters. The summed E-state index contributed by atoms with van der Waals surface area (Å²) < 4.78 is 7.03. The molecule has 0 amide bonds. The van der Waals surface area contributed by atoms with Crippen LogP contribution in [-0.4, -0.2) is 17.2 Å². The minimum atomic E-state index is -0.930. The average Bonchev–Trinajstić information content (AvgIpc) is 2.54. The highest BCUT2D eigenvalue weighted by Gasteiger charge is 2.22. The number of benzene rings is 1. The Bertz CT molecular complexity index is 530. The van der Waals surface area contributed by atoms with Crippen LogP contribution in [0.15, 0.2) is 16.0 Å². The van der Waals surface area contributed by atoms with Gasteiger partial charge < -0.3 is 9.84 Å². The predicted molar refractivity (Wildman–Crippen MR) is 69.1 cm³/mol. The van der Waals surface area contributed by atoms with E-state index in [0.717, 1.165) is 25.4 Å². The van der Waals surface area contributed by atoms with Gasteiger partial charge in [-0.25, -0.2) is 4.98 Å². The highest BCUT2D eigenvalue weighted by molar-refractivity contribution is 9.11. The summed E-state index contributed by atoms with van der Waals surface area (Å²) in [6.45, 7) is 3.49. The third kappa shape index (κ3) is 2.07. The Kier molecular flexibility index (Phi) is 2.94. The quantitative estimate of drug-likeness (QED) is 0.925. The van der Waals surface area contributed by atoms with Crippen molar-refractivity contribution >= 4 is 37.5 Å². The Morgan fingerprint density at radius 2 is 2.12 bits per heavy atom. The van der Waals surface area contributed by atoms with Crippen LogP contribution in [0, 0.1) is 0 Å². The minimum Gasteiger partial charge on any atom is -0.497 e. The fraction of sp³-hybridized carbons (Fsp3) is 0.364. The van der Waals surface area contributed by atoms with Crippen LogP contribution in [0.1, 0.15) is 19.4 Å². The van der Waals surface area contributed by atoms with Gasteiger partial charge in [-0.15, -0.1) is 11.3 Å². The van der Waals surface area contributed by atoms with Gasteiger partial charge in [0.2, 0.25) is 0 Å². The number of aromatic nitrogens is 1. The lowest BCUT2D eigenvalue weighted by Gasteiger charge is -2.19. The molecule has 5 heteroatoms. The Balaban J connectivity index is 2.78. The van der Waals surface area contributed by atoms with E-state index < -0.39 is 5.60 Å². The highest BCUT2D eigenvalue weighted by atomic mass is 79.9. The summed E-state index contributed by atoms with van der Waals surface area (Å²) in [7, 11) is 1.62. The van der Waals surface area contributed by atoms with Gasteiger partial charge in [-0.3, -0.25) is 0 Å². The van der Waals surface area contributed by atoms with E-state index in [9.17, 15) is 5.11 Å². The molecule has 1 N–H and O–H groups in total. The SMILES string of the molecule is COc1cc(C(C)(C)O)c2nc(Br)sc2c1. The summed E-state index contributed by atoms with van der Waals surface area (Å²) in [6.07, 6.45) is 0. The first-order chi connectivity index (χ1) is 7.41. The van der Waals surface area contributed by atoms with Crippen LogP contribution in [0.2, 0.25) is 0 Å². The molecule has 1 aromatic heterocycles. The Morgan fingerprint density at radius 3 is 2.69 bits per heavy atom. The van der Waals surface area contributed by atoms with Crippen LogP contribution in [0.25, 0.3) is 10.2 Å². The number of nitrogens with zero attached hydrogens (tertiary/aromatic N) is 1. The first-order valence-corrected chi connectivity index (χ1v) is 6.39. The molecular formula is C11H12BrNO2S. The Hall–Kier alpha value is -0.650. The summed E-state index contributed by atoms with van der Waals surface area (Å²) in [4.78, 5) is 4.37. The van der Waals surface area contributed by atoms with E-state index in [-0.39, 0.29) is 0 Å². The zero-order valence-electron chi connectivity index (χ0n) is 9.24. The molecule has 0 saturated carbocycles. The van der Waals surface area contributed by atoms with Gasteiger partial charge in [0.05, 0.1) is 22.9 Å². The summed E-state index contributed by atoms with van der Waals surface area (Å²) in [5.41, 5.74) is 0.675. The smallest absolute Gasteiger partial charge is 0.160 e. The molecule has 0 radical (unpaired) electrons. The lowest BCUT2D eigenvalue weighted by molar-refractivity contribution is 0.0798. The van der Waals surface area contributed by atoms with E-state index in [1.807, 2.05) is 12.1 Å². The molecule has 0 aliphatic rings. The molecule has 2 aromatic rings. The Labute approximate surface area is 106 Å². The van der Waals surface area contributed by atoms with Gasteiger partial charge in [-0.05, 0) is 41.9 Å². The average molecular weight is 302 g/mol. The summed E-state index contributed by atoms with van der Waals surface area (Å²) >= 11 is 4.88. The van der Waals surface area contributed by atoms with Gasteiger partial charge in [0, 0.05) is 5.56 Å². The second kappa shape index (κ2) is 3.98. The van der Waals surface area contributed by atoms with Crippen molar-refractivity contribution in [3.05, 3.63) is 21.6 Å². The van der Waals surface area contributed by atoms with Gasteiger partial charge in [0.25, 0.3) is 0 Å². The van der Waals surface area contributed by atoms with E-state index in [1.54, 1.807) is 21.0 Å². The normalized spacial score (nSPS) is 12.1. The standard InChI is InChI=1S/C11H12BrNO2S/c1-11(2,14)7-4-6(15-3)5-8-9(7)13-10(12)16-8/h4-5,14H,1-3H3. The lowest BCUT2D eigenvalue weighted by atomic mass is 9.97. The van der Waals surface area contributed by atoms with Crippen molar-refractivity contribution in [2.24, 2.45) is 0 Å². The number of thiazole rings is 1. The van der Waals surface area contributed by atoms with E-state index in [2.05, 4.69) is 20.9 Å². The largest absolute Gasteiger partial charge is 0.497 e. The molecule has 1 aromatic carbocycles. The van der Waals surface area contributed by atoms with E-state index in [1.165, 1.54) is 11.3 Å². The van der Waals surface area contributed by atoms with E-state index in [4.69, 9.17) is 4.74 Å². The highest BCUT2D eigenvalue weighted by Crippen LogP contribution is 2.36. The molecule has 86 valence electrons. The molecule has 0 spiro atoms. The van der Waals surface area contributed by atoms with E-state index in [0.29, 0.717) is 0 Å². The summed E-state index contributed by atoms with van der Waals surface area (Å²) in [5.74, 6) is 0.737. The topological polar surface area (TPSA) is 42.4 Å². The van der Waals surface area contributed by atoms with Crippen molar-refractivity contribution in [1.82, 2.24) is 4.98 Å². The van der Waals surface area contributed by atoms with Crippen molar-refractivity contribution in [2.75, 3.05) is 7.11 Å². The lowest BCUT2D eigenvalue weighted by Crippen LogP contribution is -2.16. The number of fused-ring (bicyclic) bond motifs is 1. The van der Waals surface area contributed by atoms with Crippen molar-refractivity contribution in [3.63, 3.8) is 0 Å². The van der Waals surface area contributed by atoms with Crippen molar-refractivity contribution < 1.29 is 9.84 Å². The molecule has 2 rings (SSSR count). The number of ether oxygens (including phenoxy) is 1. The maximum Gasteiger partial charge on any atom is 0.160 e. The zero-order chi connectivity index (χ0) is 11.9. The fourth-order valence-electron chi connectivity index (χ4n) is 1.56. The predicted octanol–water partition coefficient (Wildman–Crippen LogP) is 3.29. The van der Waals surface area contributed by atoms with Gasteiger partial charge in [-0.2, -0.15) is 0 Å². The molecule has 1 heterocycles. The molecule has 0 fully saturated rings. The van der Waals surface area contributed by atoms with Crippen LogP contribution in [-0.2, 0) is 5.60 Å². The molecule has 3 nitrogen and oxygen atoms in total. The van der Waals surface area contributed by atoms with Crippen LogP contribution in [0.4, 0.5) is 0 Å².